The van der Waals surface area contributed by atoms with E-state index >= 15 is 0 Å². The van der Waals surface area contributed by atoms with Crippen LogP contribution >= 0.6 is 0 Å². The predicted octanol–water partition coefficient (Wildman–Crippen LogP) is 0.711. The Balaban J connectivity index is 2.12. The summed E-state index contributed by atoms with van der Waals surface area (Å²) in [6.45, 7) is -0.0421. The van der Waals surface area contributed by atoms with E-state index in [2.05, 4.69) is 10.4 Å². The number of nitrogens with zero attached hydrogens (tertiary/aromatic N) is 2. The van der Waals surface area contributed by atoms with Crippen LogP contribution in [-0.4, -0.2) is 29.7 Å². The topological polar surface area (TPSA) is 61.8 Å². The molecule has 1 aromatic carbocycles. The number of hydrazone groups is 1. The zero-order chi connectivity index (χ0) is 11.5. The molecule has 82 valence electrons. The Kier molecular flexibility index (Phi) is 2.63. The van der Waals surface area contributed by atoms with Crippen molar-refractivity contribution in [2.75, 3.05) is 6.54 Å². The molecule has 0 saturated carbocycles. The molecule has 1 heterocycles. The van der Waals surface area contributed by atoms with Gasteiger partial charge < -0.3 is 5.32 Å². The Morgan fingerprint density at radius 3 is 2.56 bits per heavy atom. The molecule has 0 aromatic heterocycles. The molecule has 0 aliphatic carbocycles. The Morgan fingerprint density at radius 2 is 2.00 bits per heavy atom. The molecule has 0 radical (unpaired) electrons. The van der Waals surface area contributed by atoms with E-state index < -0.39 is 11.9 Å². The summed E-state index contributed by atoms with van der Waals surface area (Å²) in [7, 11) is 0. The molecular weight excluding hydrogens is 213 g/mol. The number of hydrogen-bond donors (Lipinski definition) is 1. The number of nitrogens with one attached hydrogen (secondary N) is 1. The fourth-order valence-electron chi connectivity index (χ4n) is 1.20. The van der Waals surface area contributed by atoms with E-state index in [1.165, 1.54) is 30.5 Å². The van der Waals surface area contributed by atoms with Crippen molar-refractivity contribution in [2.45, 2.75) is 0 Å². The van der Waals surface area contributed by atoms with Crippen molar-refractivity contribution in [3.05, 3.63) is 35.6 Å². The maximum atomic E-state index is 12.6. The van der Waals surface area contributed by atoms with Crippen LogP contribution < -0.4 is 5.32 Å². The van der Waals surface area contributed by atoms with E-state index in [1.807, 2.05) is 0 Å². The normalized spacial score (nSPS) is 15.9. The van der Waals surface area contributed by atoms with E-state index in [-0.39, 0.29) is 12.4 Å². The van der Waals surface area contributed by atoms with E-state index in [0.717, 1.165) is 5.01 Å². The van der Waals surface area contributed by atoms with Crippen molar-refractivity contribution in [1.29, 1.82) is 0 Å². The standard InChI is InChI=1S/C10H8FN3O2/c11-8-3-1-7(2-4-8)5-13-14-9(15)6-12-10(14)16/h1-5H,6H2,(H,12,16)/b13-5+. The van der Waals surface area contributed by atoms with Gasteiger partial charge in [0.1, 0.15) is 12.4 Å². The highest BCUT2D eigenvalue weighted by molar-refractivity contribution is 6.02. The van der Waals surface area contributed by atoms with Gasteiger partial charge in [-0.3, -0.25) is 4.79 Å². The third-order valence-electron chi connectivity index (χ3n) is 2.01. The van der Waals surface area contributed by atoms with Crippen LogP contribution in [0.25, 0.3) is 0 Å². The van der Waals surface area contributed by atoms with Gasteiger partial charge in [0.25, 0.3) is 5.91 Å². The molecule has 0 bridgehead atoms. The zero-order valence-corrected chi connectivity index (χ0v) is 8.18. The second kappa shape index (κ2) is 4.09. The molecule has 0 atom stereocenters. The summed E-state index contributed by atoms with van der Waals surface area (Å²) in [5, 5.41) is 6.78. The van der Waals surface area contributed by atoms with Crippen LogP contribution in [0.2, 0.25) is 0 Å². The third kappa shape index (κ3) is 2.05. The van der Waals surface area contributed by atoms with Gasteiger partial charge in [0.15, 0.2) is 0 Å². The van der Waals surface area contributed by atoms with Crippen LogP contribution in [0.5, 0.6) is 0 Å². The van der Waals surface area contributed by atoms with Gasteiger partial charge in [-0.1, -0.05) is 12.1 Å². The maximum Gasteiger partial charge on any atom is 0.345 e. The number of benzene rings is 1. The fraction of sp³-hybridized carbons (Fsp3) is 0.100. The zero-order valence-electron chi connectivity index (χ0n) is 8.18. The Morgan fingerprint density at radius 1 is 1.31 bits per heavy atom. The maximum absolute atomic E-state index is 12.6. The number of urea groups is 1. The minimum absolute atomic E-state index is 0.0421. The molecule has 1 aliphatic heterocycles. The average molecular weight is 221 g/mol. The molecule has 1 aliphatic rings. The van der Waals surface area contributed by atoms with Crippen LogP contribution in [0, 0.1) is 5.82 Å². The van der Waals surface area contributed by atoms with E-state index in [9.17, 15) is 14.0 Å². The molecule has 1 N–H and O–H groups in total. The van der Waals surface area contributed by atoms with Gasteiger partial charge in [-0.05, 0) is 17.7 Å². The first-order chi connectivity index (χ1) is 7.66. The minimum Gasteiger partial charge on any atom is -0.327 e. The van der Waals surface area contributed by atoms with Crippen molar-refractivity contribution < 1.29 is 14.0 Å². The molecule has 1 fully saturated rings. The lowest BCUT2D eigenvalue weighted by atomic mass is 10.2. The first-order valence-electron chi connectivity index (χ1n) is 4.57. The van der Waals surface area contributed by atoms with Crippen molar-refractivity contribution in [2.24, 2.45) is 5.10 Å². The molecule has 1 saturated heterocycles. The minimum atomic E-state index is -0.552. The number of halogens is 1. The van der Waals surface area contributed by atoms with Crippen molar-refractivity contribution in [3.8, 4) is 0 Å². The van der Waals surface area contributed by atoms with Crippen LogP contribution in [0.3, 0.4) is 0 Å². The van der Waals surface area contributed by atoms with Gasteiger partial charge >= 0.3 is 6.03 Å². The van der Waals surface area contributed by atoms with E-state index in [1.54, 1.807) is 0 Å². The van der Waals surface area contributed by atoms with Gasteiger partial charge in [0.2, 0.25) is 0 Å². The van der Waals surface area contributed by atoms with Crippen LogP contribution in [0.1, 0.15) is 5.56 Å². The summed E-state index contributed by atoms with van der Waals surface area (Å²) in [5.41, 5.74) is 0.605. The Bertz CT molecular complexity index is 440. The summed E-state index contributed by atoms with van der Waals surface area (Å²) in [5.74, 6) is -0.768. The molecule has 2 rings (SSSR count). The molecule has 0 unspecified atom stereocenters. The van der Waals surface area contributed by atoms with Gasteiger partial charge in [-0.2, -0.15) is 5.10 Å². The highest BCUT2D eigenvalue weighted by Gasteiger charge is 2.27. The monoisotopic (exact) mass is 221 g/mol. The van der Waals surface area contributed by atoms with E-state index in [4.69, 9.17) is 0 Å². The summed E-state index contributed by atoms with van der Waals surface area (Å²) in [6.07, 6.45) is 1.32. The summed E-state index contributed by atoms with van der Waals surface area (Å²) >= 11 is 0. The fourth-order valence-corrected chi connectivity index (χ4v) is 1.20. The number of carbonyl (C=O) groups is 2. The summed E-state index contributed by atoms with van der Waals surface area (Å²) in [6, 6.07) is 4.98. The highest BCUT2D eigenvalue weighted by atomic mass is 19.1. The van der Waals surface area contributed by atoms with Crippen molar-refractivity contribution in [1.82, 2.24) is 10.3 Å². The molecule has 0 spiro atoms. The van der Waals surface area contributed by atoms with Crippen LogP contribution in [0.15, 0.2) is 29.4 Å². The van der Waals surface area contributed by atoms with Crippen molar-refractivity contribution in [3.63, 3.8) is 0 Å². The lowest BCUT2D eigenvalue weighted by Crippen LogP contribution is -2.25. The van der Waals surface area contributed by atoms with E-state index in [0.29, 0.717) is 5.56 Å². The molecule has 3 amide bonds. The molecular formula is C10H8FN3O2. The third-order valence-corrected chi connectivity index (χ3v) is 2.01. The van der Waals surface area contributed by atoms with Gasteiger partial charge in [-0.15, -0.1) is 5.01 Å². The smallest absolute Gasteiger partial charge is 0.327 e. The second-order valence-corrected chi connectivity index (χ2v) is 3.16. The Hall–Kier alpha value is -2.24. The number of hydrogen-bond acceptors (Lipinski definition) is 3. The lowest BCUT2D eigenvalue weighted by Gasteiger charge is -2.02. The molecule has 5 nitrogen and oxygen atoms in total. The average Bonchev–Trinajstić information content (AvgIpc) is 2.59. The molecule has 6 heteroatoms. The largest absolute Gasteiger partial charge is 0.345 e. The first kappa shape index (κ1) is 10.3. The molecule has 1 aromatic rings. The van der Waals surface area contributed by atoms with Crippen LogP contribution in [0.4, 0.5) is 9.18 Å². The number of rotatable bonds is 2. The van der Waals surface area contributed by atoms with Gasteiger partial charge in [0.05, 0.1) is 6.21 Å². The Labute approximate surface area is 90.5 Å². The second-order valence-electron chi connectivity index (χ2n) is 3.16. The number of carbonyl (C=O) groups excluding carboxylic acids is 2. The summed E-state index contributed by atoms with van der Waals surface area (Å²) in [4.78, 5) is 22.2. The SMILES string of the molecule is O=C1CNC(=O)N1/N=C/c1ccc(F)cc1. The van der Waals surface area contributed by atoms with Crippen LogP contribution in [-0.2, 0) is 4.79 Å². The van der Waals surface area contributed by atoms with Crippen molar-refractivity contribution >= 4 is 18.2 Å². The van der Waals surface area contributed by atoms with Gasteiger partial charge in [0, 0.05) is 0 Å². The first-order valence-corrected chi connectivity index (χ1v) is 4.57. The lowest BCUT2D eigenvalue weighted by molar-refractivity contribution is -0.124. The van der Waals surface area contributed by atoms with Gasteiger partial charge in [-0.25, -0.2) is 9.18 Å². The number of imide groups is 1. The summed E-state index contributed by atoms with van der Waals surface area (Å²) < 4.78 is 12.6. The highest BCUT2D eigenvalue weighted by Crippen LogP contribution is 2.03. The predicted molar refractivity (Wildman–Crippen MR) is 54.2 cm³/mol. The molecule has 16 heavy (non-hydrogen) atoms. The number of amides is 3. The quantitative estimate of drug-likeness (QED) is 0.590.